The van der Waals surface area contributed by atoms with Gasteiger partial charge in [-0.15, -0.1) is 0 Å². The van der Waals surface area contributed by atoms with Crippen LogP contribution in [0.5, 0.6) is 0 Å². The summed E-state index contributed by atoms with van der Waals surface area (Å²) in [6.07, 6.45) is 0. The zero-order valence-corrected chi connectivity index (χ0v) is 7.66. The maximum Gasteiger partial charge on any atom is 0.0558 e. The minimum Gasteiger partial charge on any atom is -0.395 e. The van der Waals surface area contributed by atoms with E-state index in [1.165, 1.54) is 0 Å². The normalized spacial score (nSPS) is 28.8. The van der Waals surface area contributed by atoms with E-state index in [0.717, 1.165) is 26.2 Å². The lowest BCUT2D eigenvalue weighted by atomic mass is 10.1. The highest BCUT2D eigenvalue weighted by atomic mass is 16.3. The number of piperazine rings is 1. The largest absolute Gasteiger partial charge is 0.395 e. The van der Waals surface area contributed by atoms with Gasteiger partial charge in [-0.25, -0.2) is 0 Å². The highest BCUT2D eigenvalue weighted by Gasteiger charge is 2.24. The second-order valence-corrected chi connectivity index (χ2v) is 3.39. The number of aliphatic hydroxyl groups is 1. The summed E-state index contributed by atoms with van der Waals surface area (Å²) in [5, 5.41) is 12.1. The van der Waals surface area contributed by atoms with Crippen molar-refractivity contribution in [2.45, 2.75) is 19.0 Å². The summed E-state index contributed by atoms with van der Waals surface area (Å²) in [5.41, 5.74) is 5.82. The summed E-state index contributed by atoms with van der Waals surface area (Å²) in [4.78, 5) is 2.25. The molecule has 4 N–H and O–H groups in total. The highest BCUT2D eigenvalue weighted by molar-refractivity contribution is 4.85. The molecule has 2 unspecified atom stereocenters. The zero-order valence-electron chi connectivity index (χ0n) is 7.66. The van der Waals surface area contributed by atoms with Gasteiger partial charge in [0.2, 0.25) is 0 Å². The summed E-state index contributed by atoms with van der Waals surface area (Å²) in [6.45, 7) is 5.92. The van der Waals surface area contributed by atoms with Crippen molar-refractivity contribution >= 4 is 0 Å². The Morgan fingerprint density at radius 2 is 2.50 bits per heavy atom. The molecular formula is C8H19N3O. The number of hydrogen-bond donors (Lipinski definition) is 3. The predicted octanol–water partition coefficient (Wildman–Crippen LogP) is -1.40. The van der Waals surface area contributed by atoms with Crippen LogP contribution in [0.15, 0.2) is 0 Å². The molecule has 0 aromatic heterocycles. The van der Waals surface area contributed by atoms with E-state index in [2.05, 4.69) is 10.2 Å². The molecule has 0 radical (unpaired) electrons. The van der Waals surface area contributed by atoms with E-state index in [1.54, 1.807) is 0 Å². The lowest BCUT2D eigenvalue weighted by Gasteiger charge is -2.37. The van der Waals surface area contributed by atoms with Crippen molar-refractivity contribution < 1.29 is 5.11 Å². The van der Waals surface area contributed by atoms with E-state index in [-0.39, 0.29) is 12.6 Å². The van der Waals surface area contributed by atoms with E-state index in [1.807, 2.05) is 6.92 Å². The molecular weight excluding hydrogens is 154 g/mol. The van der Waals surface area contributed by atoms with Gasteiger partial charge in [-0.2, -0.15) is 0 Å². The number of β-amino-alcohol motifs (C(OH)–C–C–N with tert-alkyl or cyclic N) is 1. The number of nitrogens with one attached hydrogen (secondary N) is 1. The molecule has 2 atom stereocenters. The van der Waals surface area contributed by atoms with E-state index in [9.17, 15) is 0 Å². The Morgan fingerprint density at radius 1 is 1.75 bits per heavy atom. The minimum absolute atomic E-state index is 0.171. The molecule has 1 aliphatic rings. The van der Waals surface area contributed by atoms with Crippen molar-refractivity contribution in [2.24, 2.45) is 5.73 Å². The molecule has 0 saturated carbocycles. The van der Waals surface area contributed by atoms with Crippen molar-refractivity contribution in [1.82, 2.24) is 10.2 Å². The molecule has 72 valence electrons. The molecule has 4 heteroatoms. The molecule has 0 aromatic rings. The van der Waals surface area contributed by atoms with E-state index >= 15 is 0 Å². The molecule has 0 aromatic carbocycles. The lowest BCUT2D eigenvalue weighted by Crippen LogP contribution is -2.58. The van der Waals surface area contributed by atoms with Gasteiger partial charge in [0, 0.05) is 38.3 Å². The summed E-state index contributed by atoms with van der Waals surface area (Å²) in [7, 11) is 0. The van der Waals surface area contributed by atoms with Crippen LogP contribution in [0.3, 0.4) is 0 Å². The molecule has 12 heavy (non-hydrogen) atoms. The number of nitrogens with zero attached hydrogens (tertiary/aromatic N) is 1. The van der Waals surface area contributed by atoms with E-state index in [4.69, 9.17) is 10.8 Å². The molecule has 1 aliphatic heterocycles. The number of rotatable bonds is 3. The van der Waals surface area contributed by atoms with Gasteiger partial charge in [-0.05, 0) is 6.92 Å². The van der Waals surface area contributed by atoms with Crippen LogP contribution in [0, 0.1) is 0 Å². The van der Waals surface area contributed by atoms with Gasteiger partial charge < -0.3 is 16.2 Å². The molecule has 4 nitrogen and oxygen atoms in total. The summed E-state index contributed by atoms with van der Waals surface area (Å²) in [6, 6.07) is 0.551. The van der Waals surface area contributed by atoms with Crippen LogP contribution in [0.4, 0.5) is 0 Å². The van der Waals surface area contributed by atoms with Crippen molar-refractivity contribution in [3.8, 4) is 0 Å². The Kier molecular flexibility index (Phi) is 3.94. The van der Waals surface area contributed by atoms with Crippen molar-refractivity contribution in [3.05, 3.63) is 0 Å². The van der Waals surface area contributed by atoms with E-state index in [0.29, 0.717) is 6.04 Å². The summed E-state index contributed by atoms with van der Waals surface area (Å²) >= 11 is 0. The van der Waals surface area contributed by atoms with Crippen molar-refractivity contribution in [3.63, 3.8) is 0 Å². The molecule has 0 spiro atoms. The SMILES string of the molecule is CC(N)C1CNCCN1CCO. The van der Waals surface area contributed by atoms with Crippen molar-refractivity contribution in [1.29, 1.82) is 0 Å². The first-order chi connectivity index (χ1) is 5.75. The second-order valence-electron chi connectivity index (χ2n) is 3.39. The lowest BCUT2D eigenvalue weighted by molar-refractivity contribution is 0.114. The monoisotopic (exact) mass is 173 g/mol. The Balaban J connectivity index is 2.42. The maximum atomic E-state index is 8.82. The predicted molar refractivity (Wildman–Crippen MR) is 49.0 cm³/mol. The topological polar surface area (TPSA) is 61.5 Å². The smallest absolute Gasteiger partial charge is 0.0558 e. The fraction of sp³-hybridized carbons (Fsp3) is 1.00. The van der Waals surface area contributed by atoms with Gasteiger partial charge in [0.25, 0.3) is 0 Å². The van der Waals surface area contributed by atoms with Gasteiger partial charge >= 0.3 is 0 Å². The maximum absolute atomic E-state index is 8.82. The molecule has 1 heterocycles. The number of nitrogens with two attached hydrogens (primary N) is 1. The van der Waals surface area contributed by atoms with Gasteiger partial charge in [-0.1, -0.05) is 0 Å². The van der Waals surface area contributed by atoms with Crippen LogP contribution < -0.4 is 11.1 Å². The molecule has 1 fully saturated rings. The third-order valence-corrected chi connectivity index (χ3v) is 2.39. The Bertz CT molecular complexity index is 127. The Labute approximate surface area is 73.7 Å². The minimum atomic E-state index is 0.171. The molecule has 1 saturated heterocycles. The first-order valence-electron chi connectivity index (χ1n) is 4.57. The standard InChI is InChI=1S/C8H19N3O/c1-7(9)8-6-10-2-3-11(8)4-5-12/h7-8,10,12H,2-6,9H2,1H3. The molecule has 0 aliphatic carbocycles. The fourth-order valence-corrected chi connectivity index (χ4v) is 1.69. The molecule has 0 bridgehead atoms. The Hall–Kier alpha value is -0.160. The Morgan fingerprint density at radius 3 is 3.08 bits per heavy atom. The number of hydrogen-bond acceptors (Lipinski definition) is 4. The quantitative estimate of drug-likeness (QED) is 0.491. The van der Waals surface area contributed by atoms with Crippen LogP contribution >= 0.6 is 0 Å². The zero-order chi connectivity index (χ0) is 8.97. The first kappa shape index (κ1) is 9.92. The first-order valence-corrected chi connectivity index (χ1v) is 4.57. The third-order valence-electron chi connectivity index (χ3n) is 2.39. The van der Waals surface area contributed by atoms with Crippen LogP contribution in [0.25, 0.3) is 0 Å². The molecule has 0 amide bonds. The number of aliphatic hydroxyl groups excluding tert-OH is 1. The average Bonchev–Trinajstić information content (AvgIpc) is 2.05. The van der Waals surface area contributed by atoms with Crippen LogP contribution in [-0.2, 0) is 0 Å². The van der Waals surface area contributed by atoms with Crippen LogP contribution in [-0.4, -0.2) is 54.9 Å². The second kappa shape index (κ2) is 4.77. The molecule has 1 rings (SSSR count). The van der Waals surface area contributed by atoms with Gasteiger partial charge in [0.1, 0.15) is 0 Å². The van der Waals surface area contributed by atoms with Gasteiger partial charge in [-0.3, -0.25) is 4.90 Å². The summed E-state index contributed by atoms with van der Waals surface area (Å²) in [5.74, 6) is 0. The summed E-state index contributed by atoms with van der Waals surface area (Å²) < 4.78 is 0. The fourth-order valence-electron chi connectivity index (χ4n) is 1.69. The highest BCUT2D eigenvalue weighted by Crippen LogP contribution is 2.05. The third kappa shape index (κ3) is 2.42. The van der Waals surface area contributed by atoms with Gasteiger partial charge in [0.05, 0.1) is 6.61 Å². The van der Waals surface area contributed by atoms with Crippen molar-refractivity contribution in [2.75, 3.05) is 32.8 Å². The average molecular weight is 173 g/mol. The van der Waals surface area contributed by atoms with Crippen LogP contribution in [0.1, 0.15) is 6.92 Å². The van der Waals surface area contributed by atoms with Crippen LogP contribution in [0.2, 0.25) is 0 Å². The van der Waals surface area contributed by atoms with E-state index < -0.39 is 0 Å². The van der Waals surface area contributed by atoms with Gasteiger partial charge in [0.15, 0.2) is 0 Å².